The molecule has 2 aliphatic rings. The van der Waals surface area contributed by atoms with Crippen molar-refractivity contribution in [2.75, 3.05) is 26.2 Å². The maximum Gasteiger partial charge on any atom is 0.224 e. The lowest BCUT2D eigenvalue weighted by atomic mass is 9.74. The second-order valence-corrected chi connectivity index (χ2v) is 6.18. The molecule has 2 fully saturated rings. The minimum absolute atomic E-state index is 0.0524. The normalized spacial score (nSPS) is 31.2. The Labute approximate surface area is 110 Å². The van der Waals surface area contributed by atoms with Crippen molar-refractivity contribution in [3.63, 3.8) is 0 Å². The first kappa shape index (κ1) is 13.8. The van der Waals surface area contributed by atoms with E-state index in [2.05, 4.69) is 17.6 Å². The number of carbonyl (C=O) groups is 1. The molecule has 2 unspecified atom stereocenters. The third-order valence-electron chi connectivity index (χ3n) is 4.74. The minimum atomic E-state index is -0.0524. The summed E-state index contributed by atoms with van der Waals surface area (Å²) in [6.45, 7) is 4.69. The molecule has 1 amide bonds. The van der Waals surface area contributed by atoms with Gasteiger partial charge in [0.2, 0.25) is 5.91 Å². The van der Waals surface area contributed by atoms with Crippen molar-refractivity contribution in [1.82, 2.24) is 10.6 Å². The lowest BCUT2D eigenvalue weighted by Gasteiger charge is -2.36. The van der Waals surface area contributed by atoms with Crippen molar-refractivity contribution >= 4 is 5.91 Å². The summed E-state index contributed by atoms with van der Waals surface area (Å²) in [5, 5.41) is 15.9. The maximum absolute atomic E-state index is 12.1. The number of nitrogens with one attached hydrogen (secondary N) is 2. The number of aliphatic hydroxyl groups excluding tert-OH is 1. The third kappa shape index (κ3) is 3.04. The molecule has 2 rings (SSSR count). The van der Waals surface area contributed by atoms with Crippen molar-refractivity contribution < 1.29 is 9.90 Å². The van der Waals surface area contributed by atoms with E-state index in [0.717, 1.165) is 25.9 Å². The summed E-state index contributed by atoms with van der Waals surface area (Å²) >= 11 is 0. The molecule has 0 radical (unpaired) electrons. The summed E-state index contributed by atoms with van der Waals surface area (Å²) in [6, 6.07) is 0. The fourth-order valence-corrected chi connectivity index (χ4v) is 3.26. The predicted octanol–water partition coefficient (Wildman–Crippen LogP) is 0.901. The van der Waals surface area contributed by atoms with Gasteiger partial charge in [0.05, 0.1) is 12.5 Å². The first-order valence-corrected chi connectivity index (χ1v) is 7.26. The first-order valence-electron chi connectivity index (χ1n) is 7.26. The van der Waals surface area contributed by atoms with Crippen LogP contribution in [0, 0.1) is 17.3 Å². The van der Waals surface area contributed by atoms with Gasteiger partial charge >= 0.3 is 0 Å². The Kier molecular flexibility index (Phi) is 4.62. The number of hydrogen-bond acceptors (Lipinski definition) is 3. The van der Waals surface area contributed by atoms with E-state index in [0.29, 0.717) is 12.5 Å². The smallest absolute Gasteiger partial charge is 0.224 e. The van der Waals surface area contributed by atoms with Gasteiger partial charge in [-0.15, -0.1) is 0 Å². The number of aliphatic hydroxyl groups is 1. The summed E-state index contributed by atoms with van der Waals surface area (Å²) in [7, 11) is 0. The van der Waals surface area contributed by atoms with Gasteiger partial charge < -0.3 is 15.7 Å². The highest BCUT2D eigenvalue weighted by atomic mass is 16.3. The molecule has 1 saturated carbocycles. The van der Waals surface area contributed by atoms with Crippen molar-refractivity contribution in [2.45, 2.75) is 39.0 Å². The van der Waals surface area contributed by atoms with Crippen LogP contribution in [0.15, 0.2) is 0 Å². The summed E-state index contributed by atoms with van der Waals surface area (Å²) in [6.07, 6.45) is 5.71. The Morgan fingerprint density at radius 1 is 1.33 bits per heavy atom. The molecular weight excluding hydrogens is 228 g/mol. The van der Waals surface area contributed by atoms with Crippen LogP contribution in [0.5, 0.6) is 0 Å². The molecule has 104 valence electrons. The van der Waals surface area contributed by atoms with E-state index in [1.807, 2.05) is 0 Å². The van der Waals surface area contributed by atoms with E-state index in [9.17, 15) is 9.90 Å². The Balaban J connectivity index is 1.83. The lowest BCUT2D eigenvalue weighted by molar-refractivity contribution is -0.126. The van der Waals surface area contributed by atoms with E-state index in [1.165, 1.54) is 19.3 Å². The second kappa shape index (κ2) is 6.02. The van der Waals surface area contributed by atoms with E-state index >= 15 is 0 Å². The van der Waals surface area contributed by atoms with Crippen molar-refractivity contribution in [2.24, 2.45) is 17.3 Å². The highest BCUT2D eigenvalue weighted by Gasteiger charge is 2.34. The summed E-state index contributed by atoms with van der Waals surface area (Å²) in [4.78, 5) is 12.1. The zero-order chi connectivity index (χ0) is 13.0. The summed E-state index contributed by atoms with van der Waals surface area (Å²) in [5.74, 6) is 0.677. The Hall–Kier alpha value is -0.610. The summed E-state index contributed by atoms with van der Waals surface area (Å²) < 4.78 is 0. The van der Waals surface area contributed by atoms with Gasteiger partial charge in [-0.3, -0.25) is 4.79 Å². The van der Waals surface area contributed by atoms with Crippen LogP contribution in [0.1, 0.15) is 39.0 Å². The van der Waals surface area contributed by atoms with Gasteiger partial charge in [0, 0.05) is 18.5 Å². The third-order valence-corrected chi connectivity index (χ3v) is 4.74. The van der Waals surface area contributed by atoms with Gasteiger partial charge in [0.1, 0.15) is 0 Å². The number of amides is 1. The first-order chi connectivity index (χ1) is 8.67. The van der Waals surface area contributed by atoms with Crippen LogP contribution < -0.4 is 10.6 Å². The van der Waals surface area contributed by atoms with E-state index < -0.39 is 0 Å². The van der Waals surface area contributed by atoms with Crippen LogP contribution in [-0.2, 0) is 4.79 Å². The van der Waals surface area contributed by atoms with Gasteiger partial charge in [-0.2, -0.15) is 0 Å². The molecule has 1 saturated heterocycles. The number of hydrogen-bond donors (Lipinski definition) is 3. The standard InChI is InChI=1S/C14H26N2O2/c1-11-7-15-8-12(11)13(18)16-9-14(10-17)5-3-2-4-6-14/h11-12,15,17H,2-10H2,1H3,(H,16,18). The highest BCUT2D eigenvalue weighted by molar-refractivity contribution is 5.79. The van der Waals surface area contributed by atoms with Crippen LogP contribution in [0.4, 0.5) is 0 Å². The zero-order valence-corrected chi connectivity index (χ0v) is 11.4. The molecular formula is C14H26N2O2. The van der Waals surface area contributed by atoms with Gasteiger partial charge in [0.15, 0.2) is 0 Å². The van der Waals surface area contributed by atoms with Crippen LogP contribution in [0.2, 0.25) is 0 Å². The van der Waals surface area contributed by atoms with Crippen LogP contribution >= 0.6 is 0 Å². The van der Waals surface area contributed by atoms with Gasteiger partial charge in [-0.05, 0) is 25.3 Å². The largest absolute Gasteiger partial charge is 0.396 e. The molecule has 4 heteroatoms. The number of rotatable bonds is 4. The van der Waals surface area contributed by atoms with Gasteiger partial charge in [-0.25, -0.2) is 0 Å². The predicted molar refractivity (Wildman–Crippen MR) is 71.1 cm³/mol. The number of carbonyl (C=O) groups excluding carboxylic acids is 1. The van der Waals surface area contributed by atoms with Gasteiger partial charge in [0.25, 0.3) is 0 Å². The molecule has 0 bridgehead atoms. The van der Waals surface area contributed by atoms with Crippen LogP contribution in [0.3, 0.4) is 0 Å². The molecule has 1 aliphatic heterocycles. The molecule has 3 N–H and O–H groups in total. The summed E-state index contributed by atoms with van der Waals surface area (Å²) in [5.41, 5.74) is -0.0524. The van der Waals surface area contributed by atoms with E-state index in [4.69, 9.17) is 0 Å². The second-order valence-electron chi connectivity index (χ2n) is 6.18. The van der Waals surface area contributed by atoms with Crippen molar-refractivity contribution in [1.29, 1.82) is 0 Å². The molecule has 1 heterocycles. The quantitative estimate of drug-likeness (QED) is 0.698. The van der Waals surface area contributed by atoms with Crippen LogP contribution in [-0.4, -0.2) is 37.3 Å². The molecule has 0 spiro atoms. The Morgan fingerprint density at radius 2 is 2.06 bits per heavy atom. The van der Waals surface area contributed by atoms with Gasteiger partial charge in [-0.1, -0.05) is 26.2 Å². The minimum Gasteiger partial charge on any atom is -0.396 e. The SMILES string of the molecule is CC1CNCC1C(=O)NCC1(CO)CCCCC1. The van der Waals surface area contributed by atoms with E-state index in [-0.39, 0.29) is 23.8 Å². The Bertz CT molecular complexity index is 288. The highest BCUT2D eigenvalue weighted by Crippen LogP contribution is 2.35. The van der Waals surface area contributed by atoms with Crippen LogP contribution in [0.25, 0.3) is 0 Å². The molecule has 18 heavy (non-hydrogen) atoms. The fraction of sp³-hybridized carbons (Fsp3) is 0.929. The molecule has 0 aromatic heterocycles. The monoisotopic (exact) mass is 254 g/mol. The van der Waals surface area contributed by atoms with E-state index in [1.54, 1.807) is 0 Å². The molecule has 2 atom stereocenters. The van der Waals surface area contributed by atoms with Crippen molar-refractivity contribution in [3.05, 3.63) is 0 Å². The Morgan fingerprint density at radius 3 is 2.61 bits per heavy atom. The molecule has 0 aromatic carbocycles. The molecule has 4 nitrogen and oxygen atoms in total. The molecule has 1 aliphatic carbocycles. The zero-order valence-electron chi connectivity index (χ0n) is 11.4. The van der Waals surface area contributed by atoms with Crippen molar-refractivity contribution in [3.8, 4) is 0 Å². The molecule has 0 aromatic rings. The lowest BCUT2D eigenvalue weighted by Crippen LogP contribution is -2.44. The maximum atomic E-state index is 12.1. The average Bonchev–Trinajstić information content (AvgIpc) is 2.83. The fourth-order valence-electron chi connectivity index (χ4n) is 3.26. The topological polar surface area (TPSA) is 61.4 Å². The average molecular weight is 254 g/mol.